The molecule has 0 aromatic heterocycles. The van der Waals surface area contributed by atoms with Crippen molar-refractivity contribution in [1.29, 1.82) is 0 Å². The second-order valence-electron chi connectivity index (χ2n) is 6.02. The number of rotatable bonds is 8. The lowest BCUT2D eigenvalue weighted by Gasteiger charge is -2.14. The summed E-state index contributed by atoms with van der Waals surface area (Å²) in [5.41, 5.74) is 3.22. The number of oxime groups is 1. The first kappa shape index (κ1) is 18.6. The van der Waals surface area contributed by atoms with Crippen molar-refractivity contribution in [2.45, 2.75) is 26.7 Å². The van der Waals surface area contributed by atoms with E-state index in [9.17, 15) is 0 Å². The molecule has 0 aliphatic rings. The van der Waals surface area contributed by atoms with Crippen LogP contribution in [0.1, 0.15) is 36.5 Å². The van der Waals surface area contributed by atoms with E-state index in [1.54, 1.807) is 25.3 Å². The molecule has 2 aromatic rings. The zero-order valence-electron chi connectivity index (χ0n) is 15.2. The summed E-state index contributed by atoms with van der Waals surface area (Å²) in [6, 6.07) is 11.4. The fourth-order valence-electron chi connectivity index (χ4n) is 2.63. The molecule has 0 spiro atoms. The molecule has 0 aliphatic heterocycles. The average molecular weight is 343 g/mol. The number of ether oxygens (including phenoxy) is 3. The molecule has 5 heteroatoms. The van der Waals surface area contributed by atoms with Gasteiger partial charge in [0.15, 0.2) is 0 Å². The van der Waals surface area contributed by atoms with Crippen molar-refractivity contribution in [3.05, 3.63) is 53.1 Å². The first-order valence-electron chi connectivity index (χ1n) is 8.26. The van der Waals surface area contributed by atoms with Crippen LogP contribution in [-0.4, -0.2) is 31.7 Å². The molecule has 0 radical (unpaired) electrons. The van der Waals surface area contributed by atoms with E-state index in [1.807, 2.05) is 12.1 Å². The van der Waals surface area contributed by atoms with Crippen LogP contribution in [0.5, 0.6) is 17.2 Å². The van der Waals surface area contributed by atoms with E-state index in [0.29, 0.717) is 36.2 Å². The Hall–Kier alpha value is -2.69. The van der Waals surface area contributed by atoms with Gasteiger partial charge in [0.2, 0.25) is 0 Å². The molecule has 2 rings (SSSR count). The van der Waals surface area contributed by atoms with E-state index >= 15 is 0 Å². The highest BCUT2D eigenvalue weighted by Crippen LogP contribution is 2.25. The van der Waals surface area contributed by atoms with Gasteiger partial charge in [-0.05, 0) is 48.2 Å². The van der Waals surface area contributed by atoms with Gasteiger partial charge >= 0.3 is 0 Å². The number of nitrogens with zero attached hydrogens (tertiary/aromatic N) is 1. The van der Waals surface area contributed by atoms with Gasteiger partial charge < -0.3 is 19.4 Å². The molecule has 134 valence electrons. The Morgan fingerprint density at radius 1 is 1.04 bits per heavy atom. The topological polar surface area (TPSA) is 60.3 Å². The van der Waals surface area contributed by atoms with Crippen molar-refractivity contribution in [3.63, 3.8) is 0 Å². The van der Waals surface area contributed by atoms with E-state index in [0.717, 1.165) is 5.75 Å². The summed E-state index contributed by atoms with van der Waals surface area (Å²) >= 11 is 0. The average Bonchev–Trinajstić information content (AvgIpc) is 2.59. The van der Waals surface area contributed by atoms with E-state index in [1.165, 1.54) is 17.3 Å². The molecule has 1 N–H and O–H groups in total. The van der Waals surface area contributed by atoms with Crippen molar-refractivity contribution < 1.29 is 19.4 Å². The number of aryl methyl sites for hydroxylation is 1. The summed E-state index contributed by atoms with van der Waals surface area (Å²) < 4.78 is 16.7. The molecule has 0 unspecified atom stereocenters. The molecule has 0 saturated heterocycles. The lowest BCUT2D eigenvalue weighted by Crippen LogP contribution is -2.10. The van der Waals surface area contributed by atoms with E-state index in [4.69, 9.17) is 19.4 Å². The summed E-state index contributed by atoms with van der Waals surface area (Å²) in [7, 11) is 1.59. The molecule has 0 bridgehead atoms. The van der Waals surface area contributed by atoms with Crippen LogP contribution < -0.4 is 14.2 Å². The Morgan fingerprint density at radius 2 is 1.76 bits per heavy atom. The predicted molar refractivity (Wildman–Crippen MR) is 98.6 cm³/mol. The van der Waals surface area contributed by atoms with Crippen molar-refractivity contribution in [2.75, 3.05) is 20.3 Å². The molecular formula is C20H25NO4. The lowest BCUT2D eigenvalue weighted by molar-refractivity contribution is 0.216. The molecule has 0 amide bonds. The number of benzene rings is 2. The van der Waals surface area contributed by atoms with Crippen LogP contribution >= 0.6 is 0 Å². The van der Waals surface area contributed by atoms with Gasteiger partial charge in [0.05, 0.1) is 13.3 Å². The molecule has 25 heavy (non-hydrogen) atoms. The maximum atomic E-state index is 8.74. The maximum Gasteiger partial charge on any atom is 0.132 e. The van der Waals surface area contributed by atoms with Crippen LogP contribution in [0.2, 0.25) is 0 Å². The Bertz CT molecular complexity index is 726. The van der Waals surface area contributed by atoms with Gasteiger partial charge in [-0.2, -0.15) is 0 Å². The number of hydrogen-bond donors (Lipinski definition) is 1. The van der Waals surface area contributed by atoms with Crippen LogP contribution in [-0.2, 0) is 0 Å². The second kappa shape index (κ2) is 8.97. The van der Waals surface area contributed by atoms with Crippen molar-refractivity contribution in [2.24, 2.45) is 5.16 Å². The van der Waals surface area contributed by atoms with Crippen LogP contribution in [0.15, 0.2) is 41.6 Å². The Balaban J connectivity index is 1.94. The Labute approximate surface area is 148 Å². The number of methoxy groups -OCH3 is 1. The third-order valence-electron chi connectivity index (χ3n) is 3.89. The van der Waals surface area contributed by atoms with Gasteiger partial charge in [-0.15, -0.1) is 0 Å². The highest BCUT2D eigenvalue weighted by Gasteiger charge is 2.06. The number of hydrogen-bond acceptors (Lipinski definition) is 5. The summed E-state index contributed by atoms with van der Waals surface area (Å²) in [6.07, 6.45) is 1.32. The minimum absolute atomic E-state index is 0.365. The first-order valence-corrected chi connectivity index (χ1v) is 8.26. The van der Waals surface area contributed by atoms with Gasteiger partial charge in [0, 0.05) is 11.6 Å². The van der Waals surface area contributed by atoms with Gasteiger partial charge in [-0.3, -0.25) is 0 Å². The minimum atomic E-state index is 0.365. The minimum Gasteiger partial charge on any atom is -0.497 e. The standard InChI is InChI=1S/C20H25NO4/c1-14(2)19-8-7-18(11-15(19)3)24-9-10-25-20-12-17(23-4)6-5-16(20)13-21-22/h5-8,11-14,22H,9-10H2,1-4H3. The summed E-state index contributed by atoms with van der Waals surface area (Å²) in [4.78, 5) is 0. The van der Waals surface area contributed by atoms with Crippen LogP contribution in [0.4, 0.5) is 0 Å². The second-order valence-corrected chi connectivity index (χ2v) is 6.02. The SMILES string of the molecule is COc1ccc(C=NO)c(OCCOc2ccc(C(C)C)c(C)c2)c1. The molecule has 0 atom stereocenters. The van der Waals surface area contributed by atoms with Gasteiger partial charge in [-0.25, -0.2) is 0 Å². The molecule has 0 fully saturated rings. The molecule has 2 aromatic carbocycles. The van der Waals surface area contributed by atoms with Crippen LogP contribution in [0.25, 0.3) is 0 Å². The van der Waals surface area contributed by atoms with Crippen molar-refractivity contribution in [1.82, 2.24) is 0 Å². The van der Waals surface area contributed by atoms with Gasteiger partial charge in [0.1, 0.15) is 30.5 Å². The van der Waals surface area contributed by atoms with Crippen LogP contribution in [0, 0.1) is 6.92 Å². The third kappa shape index (κ3) is 5.14. The maximum absolute atomic E-state index is 8.74. The lowest BCUT2D eigenvalue weighted by atomic mass is 9.98. The fraction of sp³-hybridized carbons (Fsp3) is 0.350. The van der Waals surface area contributed by atoms with Crippen molar-refractivity contribution in [3.8, 4) is 17.2 Å². The highest BCUT2D eigenvalue weighted by molar-refractivity contribution is 5.83. The smallest absolute Gasteiger partial charge is 0.132 e. The quantitative estimate of drug-likeness (QED) is 0.334. The first-order chi connectivity index (χ1) is 12.0. The van der Waals surface area contributed by atoms with E-state index in [-0.39, 0.29) is 0 Å². The largest absolute Gasteiger partial charge is 0.497 e. The highest BCUT2D eigenvalue weighted by atomic mass is 16.5. The monoisotopic (exact) mass is 343 g/mol. The summed E-state index contributed by atoms with van der Waals surface area (Å²) in [5, 5.41) is 11.8. The molecule has 0 aliphatic carbocycles. The summed E-state index contributed by atoms with van der Waals surface area (Å²) in [6.45, 7) is 7.23. The fourth-order valence-corrected chi connectivity index (χ4v) is 2.63. The zero-order chi connectivity index (χ0) is 18.2. The van der Waals surface area contributed by atoms with Crippen molar-refractivity contribution >= 4 is 6.21 Å². The zero-order valence-corrected chi connectivity index (χ0v) is 15.2. The molecule has 0 heterocycles. The Morgan fingerprint density at radius 3 is 2.40 bits per heavy atom. The molecular weight excluding hydrogens is 318 g/mol. The van der Waals surface area contributed by atoms with E-state index in [2.05, 4.69) is 32.0 Å². The van der Waals surface area contributed by atoms with Gasteiger partial charge in [0.25, 0.3) is 0 Å². The molecule has 0 saturated carbocycles. The predicted octanol–water partition coefficient (Wildman–Crippen LogP) is 4.39. The van der Waals surface area contributed by atoms with Crippen LogP contribution in [0.3, 0.4) is 0 Å². The van der Waals surface area contributed by atoms with Gasteiger partial charge in [-0.1, -0.05) is 25.1 Å². The Kier molecular flexibility index (Phi) is 6.69. The molecule has 5 nitrogen and oxygen atoms in total. The summed E-state index contributed by atoms with van der Waals surface area (Å²) in [5.74, 6) is 2.57. The third-order valence-corrected chi connectivity index (χ3v) is 3.89. The normalized spacial score (nSPS) is 11.1. The van der Waals surface area contributed by atoms with E-state index < -0.39 is 0 Å².